The van der Waals surface area contributed by atoms with Crippen LogP contribution >= 0.6 is 0 Å². The van der Waals surface area contributed by atoms with Crippen molar-refractivity contribution in [3.63, 3.8) is 0 Å². The van der Waals surface area contributed by atoms with E-state index in [0.717, 1.165) is 0 Å². The van der Waals surface area contributed by atoms with E-state index in [1.54, 1.807) is 20.8 Å². The topological polar surface area (TPSA) is 37.3 Å². The van der Waals surface area contributed by atoms with Gasteiger partial charge in [0, 0.05) is 36.9 Å². The molecule has 0 bridgehead atoms. The SMILES string of the molecule is CC(C)(C)C(=O)O.[Tm]. The molecular formula is C5H10O2Tm. The standard InChI is InChI=1S/C5H10O2.Tm/c1-5(2,3)4(6)7;/h1-3H3,(H,6,7);. The molecule has 0 unspecified atom stereocenters. The first-order chi connectivity index (χ1) is 2.94. The van der Waals surface area contributed by atoms with Gasteiger partial charge in [0.1, 0.15) is 0 Å². The summed E-state index contributed by atoms with van der Waals surface area (Å²) >= 11 is 0. The molecule has 0 saturated carbocycles. The number of carbonyl (C=O) groups is 1. The maximum absolute atomic E-state index is 10.0. The molecule has 2 nitrogen and oxygen atoms in total. The Morgan fingerprint density at radius 3 is 1.50 bits per heavy atom. The van der Waals surface area contributed by atoms with Crippen molar-refractivity contribution >= 4 is 5.97 Å². The smallest absolute Gasteiger partial charge is 0.308 e. The third-order valence-corrected chi connectivity index (χ3v) is 0.642. The first-order valence-corrected chi connectivity index (χ1v) is 2.18. The maximum Gasteiger partial charge on any atom is 0.308 e. The van der Waals surface area contributed by atoms with Crippen LogP contribution in [0.4, 0.5) is 0 Å². The van der Waals surface area contributed by atoms with Gasteiger partial charge in [-0.1, -0.05) is 0 Å². The molecule has 1 N–H and O–H groups in total. The maximum atomic E-state index is 10.0. The summed E-state index contributed by atoms with van der Waals surface area (Å²) in [7, 11) is 0. The Morgan fingerprint density at radius 1 is 1.38 bits per heavy atom. The molecule has 0 fully saturated rings. The molecular weight excluding hydrogens is 261 g/mol. The Kier molecular flexibility index (Phi) is 5.28. The third-order valence-electron chi connectivity index (χ3n) is 0.642. The van der Waals surface area contributed by atoms with Crippen LogP contribution in [-0.4, -0.2) is 11.1 Å². The summed E-state index contributed by atoms with van der Waals surface area (Å²) in [5, 5.41) is 8.25. The summed E-state index contributed by atoms with van der Waals surface area (Å²) in [6.45, 7) is 4.99. The zero-order valence-electron chi connectivity index (χ0n) is 5.13. The zero-order chi connectivity index (χ0) is 6.08. The van der Waals surface area contributed by atoms with E-state index in [0.29, 0.717) is 0 Å². The molecule has 1 radical (unpaired) electrons. The van der Waals surface area contributed by atoms with Gasteiger partial charge in [0.25, 0.3) is 0 Å². The van der Waals surface area contributed by atoms with Gasteiger partial charge in [-0.2, -0.15) is 0 Å². The number of hydrogen-bond donors (Lipinski definition) is 1. The van der Waals surface area contributed by atoms with Gasteiger partial charge >= 0.3 is 5.97 Å². The fraction of sp³-hybridized carbons (Fsp3) is 0.800. The second kappa shape index (κ2) is 3.68. The van der Waals surface area contributed by atoms with E-state index in [9.17, 15) is 4.79 Å². The molecule has 0 amide bonds. The number of hydrogen-bond acceptors (Lipinski definition) is 1. The van der Waals surface area contributed by atoms with Crippen molar-refractivity contribution in [2.24, 2.45) is 5.41 Å². The molecule has 0 aromatic rings. The average Bonchev–Trinajstić information content (AvgIpc) is 1.31. The number of aliphatic carboxylic acids is 1. The molecule has 0 aromatic carbocycles. The molecule has 0 aliphatic heterocycles. The first-order valence-electron chi connectivity index (χ1n) is 2.18. The summed E-state index contributed by atoms with van der Waals surface area (Å²) in [5.41, 5.74) is -0.583. The van der Waals surface area contributed by atoms with Crippen LogP contribution in [0.15, 0.2) is 0 Å². The number of rotatable bonds is 0. The van der Waals surface area contributed by atoms with Gasteiger partial charge in [-0.15, -0.1) is 0 Å². The first kappa shape index (κ1) is 11.5. The molecule has 0 spiro atoms. The van der Waals surface area contributed by atoms with Crippen LogP contribution in [0.2, 0.25) is 0 Å². The third kappa shape index (κ3) is 4.85. The molecule has 0 heterocycles. The van der Waals surface area contributed by atoms with Crippen LogP contribution in [-0.2, 0) is 4.79 Å². The predicted molar refractivity (Wildman–Crippen MR) is 27.1 cm³/mol. The van der Waals surface area contributed by atoms with Crippen LogP contribution in [0.1, 0.15) is 20.8 Å². The quantitative estimate of drug-likeness (QED) is 0.716. The van der Waals surface area contributed by atoms with E-state index >= 15 is 0 Å². The molecule has 0 aromatic heterocycles. The average molecular weight is 271 g/mol. The van der Waals surface area contributed by atoms with Crippen LogP contribution in [0, 0.1) is 42.3 Å². The van der Waals surface area contributed by atoms with Crippen molar-refractivity contribution in [2.45, 2.75) is 20.8 Å². The van der Waals surface area contributed by atoms with E-state index in [1.807, 2.05) is 0 Å². The van der Waals surface area contributed by atoms with Crippen LogP contribution in [0.25, 0.3) is 0 Å². The van der Waals surface area contributed by atoms with E-state index in [4.69, 9.17) is 5.11 Å². The van der Waals surface area contributed by atoms with E-state index < -0.39 is 11.4 Å². The largest absolute Gasteiger partial charge is 0.481 e. The molecule has 0 aliphatic rings. The van der Waals surface area contributed by atoms with E-state index in [-0.39, 0.29) is 36.9 Å². The minimum absolute atomic E-state index is 0. The van der Waals surface area contributed by atoms with Gasteiger partial charge < -0.3 is 5.11 Å². The number of carboxylic acids is 1. The number of carboxylic acid groups (broad SMARTS) is 1. The van der Waals surface area contributed by atoms with E-state index in [2.05, 4.69) is 0 Å². The normalized spacial score (nSPS) is 9.88. The second-order valence-corrected chi connectivity index (χ2v) is 2.56. The minimum atomic E-state index is -0.757. The predicted octanol–water partition coefficient (Wildman–Crippen LogP) is 1.12. The Labute approximate surface area is 78.5 Å². The zero-order valence-corrected chi connectivity index (χ0v) is 6.91. The summed E-state index contributed by atoms with van der Waals surface area (Å²) < 4.78 is 0. The van der Waals surface area contributed by atoms with Gasteiger partial charge in [-0.05, 0) is 20.8 Å². The molecule has 0 rings (SSSR count). The second-order valence-electron chi connectivity index (χ2n) is 2.56. The molecule has 3 heteroatoms. The fourth-order valence-corrected chi connectivity index (χ4v) is 0. The Hall–Kier alpha value is 0.704. The van der Waals surface area contributed by atoms with Crippen LogP contribution < -0.4 is 0 Å². The van der Waals surface area contributed by atoms with Crippen molar-refractivity contribution in [3.05, 3.63) is 0 Å². The summed E-state index contributed by atoms with van der Waals surface area (Å²) in [6.07, 6.45) is 0. The summed E-state index contributed by atoms with van der Waals surface area (Å²) in [4.78, 5) is 10.0. The molecule has 0 aliphatic carbocycles. The van der Waals surface area contributed by atoms with Gasteiger partial charge in [-0.3, -0.25) is 4.79 Å². The van der Waals surface area contributed by atoms with Gasteiger partial charge in [0.05, 0.1) is 5.41 Å². The van der Waals surface area contributed by atoms with Crippen molar-refractivity contribution in [2.75, 3.05) is 0 Å². The molecule has 0 saturated heterocycles. The summed E-state index contributed by atoms with van der Waals surface area (Å²) in [5.74, 6) is -0.757. The van der Waals surface area contributed by atoms with Crippen molar-refractivity contribution in [3.8, 4) is 0 Å². The van der Waals surface area contributed by atoms with Crippen molar-refractivity contribution in [1.82, 2.24) is 0 Å². The fourth-order valence-electron chi connectivity index (χ4n) is 0. The van der Waals surface area contributed by atoms with Crippen molar-refractivity contribution in [1.29, 1.82) is 0 Å². The molecule has 55 valence electrons. The van der Waals surface area contributed by atoms with Gasteiger partial charge in [0.15, 0.2) is 0 Å². The van der Waals surface area contributed by atoms with Crippen molar-refractivity contribution < 1.29 is 46.8 Å². The van der Waals surface area contributed by atoms with E-state index in [1.165, 1.54) is 0 Å². The Bertz CT molecular complexity index is 82.9. The van der Waals surface area contributed by atoms with Crippen LogP contribution in [0.5, 0.6) is 0 Å². The Balaban J connectivity index is 0. The minimum Gasteiger partial charge on any atom is -0.481 e. The molecule has 8 heavy (non-hydrogen) atoms. The van der Waals surface area contributed by atoms with Gasteiger partial charge in [0.2, 0.25) is 0 Å². The summed E-state index contributed by atoms with van der Waals surface area (Å²) in [6, 6.07) is 0. The molecule has 0 atom stereocenters. The monoisotopic (exact) mass is 271 g/mol. The van der Waals surface area contributed by atoms with Gasteiger partial charge in [-0.25, -0.2) is 0 Å². The van der Waals surface area contributed by atoms with Crippen LogP contribution in [0.3, 0.4) is 0 Å². The Morgan fingerprint density at radius 2 is 1.50 bits per heavy atom.